The molecule has 5 unspecified atom stereocenters. The maximum Gasteiger partial charge on any atom is 0.133 e. The molecule has 5 atom stereocenters. The molecule has 0 aromatic carbocycles. The fraction of sp³-hybridized carbons (Fsp3) is 0.947. The molecule has 0 radical (unpaired) electrons. The van der Waals surface area contributed by atoms with Crippen LogP contribution in [0.25, 0.3) is 0 Å². The summed E-state index contributed by atoms with van der Waals surface area (Å²) in [4.78, 5) is 11.9. The first-order valence-corrected chi connectivity index (χ1v) is 9.16. The molecule has 0 aliphatic heterocycles. The van der Waals surface area contributed by atoms with Gasteiger partial charge in [-0.05, 0) is 54.8 Å². The largest absolute Gasteiger partial charge is 0.300 e. The molecule has 20 heavy (non-hydrogen) atoms. The second-order valence-corrected chi connectivity index (χ2v) is 8.21. The Kier molecular flexibility index (Phi) is 4.24. The summed E-state index contributed by atoms with van der Waals surface area (Å²) in [6, 6.07) is 0. The third-order valence-electron chi connectivity index (χ3n) is 6.99. The standard InChI is InChI=1S/C19H32O/c1-3-4-6-14-7-5-8-17-16(14)11-12-19(2)13-15(20)9-10-18(17)19/h14,16-18H,3-13H2,1-2H3. The Balaban J connectivity index is 1.74. The Morgan fingerprint density at radius 2 is 2.00 bits per heavy atom. The Labute approximate surface area is 124 Å². The Morgan fingerprint density at radius 3 is 2.80 bits per heavy atom. The van der Waals surface area contributed by atoms with Gasteiger partial charge in [-0.2, -0.15) is 0 Å². The summed E-state index contributed by atoms with van der Waals surface area (Å²) in [6.45, 7) is 4.76. The summed E-state index contributed by atoms with van der Waals surface area (Å²) in [5, 5.41) is 0. The normalized spacial score (nSPS) is 44.8. The van der Waals surface area contributed by atoms with E-state index in [9.17, 15) is 4.79 Å². The van der Waals surface area contributed by atoms with Crippen LogP contribution in [0.3, 0.4) is 0 Å². The number of carbonyl (C=O) groups excluding carboxylic acids is 1. The number of carbonyl (C=O) groups is 1. The van der Waals surface area contributed by atoms with Gasteiger partial charge in [-0.15, -0.1) is 0 Å². The van der Waals surface area contributed by atoms with Gasteiger partial charge in [0.25, 0.3) is 0 Å². The van der Waals surface area contributed by atoms with Crippen molar-refractivity contribution in [3.05, 3.63) is 0 Å². The maximum atomic E-state index is 11.9. The second-order valence-electron chi connectivity index (χ2n) is 8.21. The van der Waals surface area contributed by atoms with Crippen molar-refractivity contribution in [3.63, 3.8) is 0 Å². The van der Waals surface area contributed by atoms with Gasteiger partial charge < -0.3 is 0 Å². The predicted molar refractivity (Wildman–Crippen MR) is 83.5 cm³/mol. The van der Waals surface area contributed by atoms with Gasteiger partial charge in [0.15, 0.2) is 0 Å². The molecule has 3 aliphatic carbocycles. The van der Waals surface area contributed by atoms with Crippen molar-refractivity contribution in [1.82, 2.24) is 0 Å². The minimum absolute atomic E-state index is 0.364. The summed E-state index contributed by atoms with van der Waals surface area (Å²) in [5.41, 5.74) is 0.364. The van der Waals surface area contributed by atoms with E-state index in [-0.39, 0.29) is 0 Å². The lowest BCUT2D eigenvalue weighted by Crippen LogP contribution is -2.48. The summed E-state index contributed by atoms with van der Waals surface area (Å²) in [6.07, 6.45) is 14.4. The van der Waals surface area contributed by atoms with Gasteiger partial charge in [-0.1, -0.05) is 46.0 Å². The lowest BCUT2D eigenvalue weighted by Gasteiger charge is -2.55. The van der Waals surface area contributed by atoms with E-state index in [1.54, 1.807) is 0 Å². The molecular weight excluding hydrogens is 244 g/mol. The average Bonchev–Trinajstić information content (AvgIpc) is 2.43. The smallest absolute Gasteiger partial charge is 0.133 e. The number of fused-ring (bicyclic) bond motifs is 3. The molecule has 0 amide bonds. The molecule has 3 rings (SSSR count). The van der Waals surface area contributed by atoms with Crippen LogP contribution in [0.2, 0.25) is 0 Å². The molecule has 3 fully saturated rings. The van der Waals surface area contributed by atoms with E-state index in [1.807, 2.05) is 0 Å². The van der Waals surface area contributed by atoms with E-state index in [0.29, 0.717) is 11.2 Å². The van der Waals surface area contributed by atoms with Crippen molar-refractivity contribution in [2.45, 2.75) is 84.5 Å². The molecule has 3 aliphatic rings. The first-order valence-electron chi connectivity index (χ1n) is 9.16. The maximum absolute atomic E-state index is 11.9. The molecule has 114 valence electrons. The van der Waals surface area contributed by atoms with Crippen LogP contribution >= 0.6 is 0 Å². The van der Waals surface area contributed by atoms with Crippen LogP contribution in [0, 0.1) is 29.1 Å². The Bertz CT molecular complexity index is 361. The SMILES string of the molecule is CCCCC1CCCC2C1CCC1(C)CC(=O)CCC21. The third-order valence-corrected chi connectivity index (χ3v) is 6.99. The van der Waals surface area contributed by atoms with E-state index in [2.05, 4.69) is 13.8 Å². The van der Waals surface area contributed by atoms with E-state index in [4.69, 9.17) is 0 Å². The van der Waals surface area contributed by atoms with Gasteiger partial charge >= 0.3 is 0 Å². The first-order chi connectivity index (χ1) is 9.64. The highest BCUT2D eigenvalue weighted by molar-refractivity contribution is 5.80. The van der Waals surface area contributed by atoms with Gasteiger partial charge in [0, 0.05) is 12.8 Å². The molecule has 0 N–H and O–H groups in total. The quantitative estimate of drug-likeness (QED) is 0.676. The van der Waals surface area contributed by atoms with E-state index >= 15 is 0 Å². The van der Waals surface area contributed by atoms with Crippen molar-refractivity contribution >= 4 is 5.78 Å². The topological polar surface area (TPSA) is 17.1 Å². The van der Waals surface area contributed by atoms with E-state index in [1.165, 1.54) is 57.8 Å². The van der Waals surface area contributed by atoms with Crippen LogP contribution < -0.4 is 0 Å². The molecule has 3 saturated carbocycles. The van der Waals surface area contributed by atoms with Crippen molar-refractivity contribution in [2.24, 2.45) is 29.1 Å². The zero-order valence-electron chi connectivity index (χ0n) is 13.5. The summed E-state index contributed by atoms with van der Waals surface area (Å²) < 4.78 is 0. The fourth-order valence-corrected chi connectivity index (χ4v) is 6.00. The third kappa shape index (κ3) is 2.57. The first kappa shape index (κ1) is 14.6. The number of rotatable bonds is 3. The second kappa shape index (κ2) is 5.81. The van der Waals surface area contributed by atoms with Crippen molar-refractivity contribution in [2.75, 3.05) is 0 Å². The van der Waals surface area contributed by atoms with Crippen molar-refractivity contribution in [1.29, 1.82) is 0 Å². The molecule has 1 heteroatoms. The number of hydrogen-bond donors (Lipinski definition) is 0. The van der Waals surface area contributed by atoms with Gasteiger partial charge in [0.05, 0.1) is 0 Å². The fourth-order valence-electron chi connectivity index (χ4n) is 6.00. The van der Waals surface area contributed by atoms with Crippen molar-refractivity contribution < 1.29 is 4.79 Å². The van der Waals surface area contributed by atoms with Gasteiger partial charge in [-0.25, -0.2) is 0 Å². The highest BCUT2D eigenvalue weighted by atomic mass is 16.1. The zero-order chi connectivity index (χ0) is 14.2. The lowest BCUT2D eigenvalue weighted by molar-refractivity contribution is -0.132. The summed E-state index contributed by atoms with van der Waals surface area (Å²) in [7, 11) is 0. The summed E-state index contributed by atoms with van der Waals surface area (Å²) in [5.74, 6) is 4.37. The summed E-state index contributed by atoms with van der Waals surface area (Å²) >= 11 is 0. The van der Waals surface area contributed by atoms with Crippen LogP contribution in [0.4, 0.5) is 0 Å². The van der Waals surface area contributed by atoms with Crippen LogP contribution in [-0.2, 0) is 4.79 Å². The van der Waals surface area contributed by atoms with E-state index in [0.717, 1.165) is 36.5 Å². The van der Waals surface area contributed by atoms with Crippen molar-refractivity contribution in [3.8, 4) is 0 Å². The average molecular weight is 276 g/mol. The number of unbranched alkanes of at least 4 members (excludes halogenated alkanes) is 1. The van der Waals surface area contributed by atoms with Gasteiger partial charge in [-0.3, -0.25) is 4.79 Å². The minimum atomic E-state index is 0.364. The van der Waals surface area contributed by atoms with Gasteiger partial charge in [0.2, 0.25) is 0 Å². The monoisotopic (exact) mass is 276 g/mol. The van der Waals surface area contributed by atoms with Crippen LogP contribution in [0.5, 0.6) is 0 Å². The molecule has 0 spiro atoms. The zero-order valence-corrected chi connectivity index (χ0v) is 13.5. The van der Waals surface area contributed by atoms with Crippen LogP contribution in [0.15, 0.2) is 0 Å². The molecule has 0 aromatic rings. The number of ketones is 1. The van der Waals surface area contributed by atoms with Crippen LogP contribution in [-0.4, -0.2) is 5.78 Å². The Morgan fingerprint density at radius 1 is 1.15 bits per heavy atom. The predicted octanol–water partition coefficient (Wildman–Crippen LogP) is 5.38. The molecule has 0 heterocycles. The van der Waals surface area contributed by atoms with E-state index < -0.39 is 0 Å². The number of hydrogen-bond acceptors (Lipinski definition) is 1. The van der Waals surface area contributed by atoms with Crippen LogP contribution in [0.1, 0.15) is 84.5 Å². The molecule has 0 aromatic heterocycles. The highest BCUT2D eigenvalue weighted by Crippen LogP contribution is 2.58. The lowest BCUT2D eigenvalue weighted by atomic mass is 9.49. The molecule has 0 saturated heterocycles. The van der Waals surface area contributed by atoms with Gasteiger partial charge in [0.1, 0.15) is 5.78 Å². The Hall–Kier alpha value is -0.330. The number of Topliss-reactive ketones (excluding diaryl/α,β-unsaturated/α-hetero) is 1. The minimum Gasteiger partial charge on any atom is -0.300 e. The molecule has 0 bridgehead atoms. The molecular formula is C19H32O. The molecule has 1 nitrogen and oxygen atoms in total. The highest BCUT2D eigenvalue weighted by Gasteiger charge is 2.51.